The first-order valence-corrected chi connectivity index (χ1v) is 7.99. The summed E-state index contributed by atoms with van der Waals surface area (Å²) in [4.78, 5) is 0. The van der Waals surface area contributed by atoms with Gasteiger partial charge in [-0.3, -0.25) is 0 Å². The minimum atomic E-state index is 0.117. The highest BCUT2D eigenvalue weighted by Gasteiger charge is 2.51. The molecule has 3 fully saturated rings. The molecule has 1 aromatic rings. The highest BCUT2D eigenvalue weighted by atomic mass is 16.5. The molecule has 1 saturated heterocycles. The van der Waals surface area contributed by atoms with Crippen molar-refractivity contribution in [3.63, 3.8) is 0 Å². The van der Waals surface area contributed by atoms with Crippen LogP contribution in [-0.4, -0.2) is 22.9 Å². The van der Waals surface area contributed by atoms with Crippen molar-refractivity contribution in [3.05, 3.63) is 11.8 Å². The highest BCUT2D eigenvalue weighted by molar-refractivity contribution is 5.12. The van der Waals surface area contributed by atoms with Crippen LogP contribution in [0, 0.1) is 17.3 Å². The standard InChI is InChI=1S/C16H24N2O2/c1-16(2,3)13-10(6-7-19-13)14-17-18-15(20-14)12-8-11(12)9-4-5-9/h9-13H,4-8H2,1-3H3/t10-,11-,12-,13-/m0/s1. The first-order chi connectivity index (χ1) is 9.54. The third-order valence-electron chi connectivity index (χ3n) is 5.10. The molecule has 0 radical (unpaired) electrons. The van der Waals surface area contributed by atoms with Crippen molar-refractivity contribution in [3.8, 4) is 0 Å². The third-order valence-corrected chi connectivity index (χ3v) is 5.10. The van der Waals surface area contributed by atoms with E-state index in [0.717, 1.165) is 36.6 Å². The van der Waals surface area contributed by atoms with Gasteiger partial charge in [-0.15, -0.1) is 10.2 Å². The van der Waals surface area contributed by atoms with Crippen molar-refractivity contribution in [1.29, 1.82) is 0 Å². The van der Waals surface area contributed by atoms with Gasteiger partial charge < -0.3 is 9.15 Å². The molecule has 2 aliphatic carbocycles. The van der Waals surface area contributed by atoms with Crippen LogP contribution in [0.15, 0.2) is 4.42 Å². The SMILES string of the molecule is CC(C)(C)[C@H]1OCC[C@@H]1c1nnc([C@H]2C[C@H]2C2CC2)o1. The van der Waals surface area contributed by atoms with E-state index in [-0.39, 0.29) is 17.4 Å². The normalized spacial score (nSPS) is 37.4. The summed E-state index contributed by atoms with van der Waals surface area (Å²) in [6.45, 7) is 7.46. The summed E-state index contributed by atoms with van der Waals surface area (Å²) in [5.41, 5.74) is 0.117. The summed E-state index contributed by atoms with van der Waals surface area (Å²) < 4.78 is 11.9. The Balaban J connectivity index is 1.50. The lowest BCUT2D eigenvalue weighted by atomic mass is 9.81. The van der Waals surface area contributed by atoms with Crippen molar-refractivity contribution in [2.75, 3.05) is 6.61 Å². The van der Waals surface area contributed by atoms with Gasteiger partial charge in [0.25, 0.3) is 0 Å². The Morgan fingerprint density at radius 3 is 2.35 bits per heavy atom. The van der Waals surface area contributed by atoms with Gasteiger partial charge in [-0.25, -0.2) is 0 Å². The maximum Gasteiger partial charge on any atom is 0.222 e. The van der Waals surface area contributed by atoms with Crippen molar-refractivity contribution in [2.24, 2.45) is 17.3 Å². The first kappa shape index (κ1) is 12.8. The summed E-state index contributed by atoms with van der Waals surface area (Å²) in [5.74, 6) is 4.30. The zero-order valence-electron chi connectivity index (χ0n) is 12.6. The minimum Gasteiger partial charge on any atom is -0.425 e. The molecule has 1 aliphatic heterocycles. The zero-order chi connectivity index (χ0) is 13.9. The molecule has 3 aliphatic rings. The lowest BCUT2D eigenvalue weighted by molar-refractivity contribution is 0.0170. The van der Waals surface area contributed by atoms with E-state index in [9.17, 15) is 0 Å². The molecule has 20 heavy (non-hydrogen) atoms. The van der Waals surface area contributed by atoms with Crippen LogP contribution in [0.2, 0.25) is 0 Å². The molecule has 110 valence electrons. The molecule has 0 amide bonds. The second kappa shape index (κ2) is 4.30. The predicted octanol–water partition coefficient (Wildman–Crippen LogP) is 3.50. The summed E-state index contributed by atoms with van der Waals surface area (Å²) >= 11 is 0. The summed E-state index contributed by atoms with van der Waals surface area (Å²) in [6, 6.07) is 0. The van der Waals surface area contributed by atoms with E-state index in [0.29, 0.717) is 5.92 Å². The molecule has 4 atom stereocenters. The summed E-state index contributed by atoms with van der Waals surface area (Å²) in [6.07, 6.45) is 5.26. The first-order valence-electron chi connectivity index (χ1n) is 7.99. The van der Waals surface area contributed by atoms with Crippen LogP contribution in [0.4, 0.5) is 0 Å². The van der Waals surface area contributed by atoms with Crippen LogP contribution in [0.25, 0.3) is 0 Å². The summed E-state index contributed by atoms with van der Waals surface area (Å²) in [5, 5.41) is 8.67. The van der Waals surface area contributed by atoms with Crippen LogP contribution in [0.3, 0.4) is 0 Å². The van der Waals surface area contributed by atoms with Crippen LogP contribution in [-0.2, 0) is 4.74 Å². The van der Waals surface area contributed by atoms with Gasteiger partial charge >= 0.3 is 0 Å². The van der Waals surface area contributed by atoms with Gasteiger partial charge in [-0.2, -0.15) is 0 Å². The fraction of sp³-hybridized carbons (Fsp3) is 0.875. The molecule has 4 nitrogen and oxygen atoms in total. The molecule has 0 spiro atoms. The molecule has 0 unspecified atom stereocenters. The van der Waals surface area contributed by atoms with Crippen LogP contribution in [0.1, 0.15) is 70.1 Å². The Hall–Kier alpha value is -0.900. The third kappa shape index (κ3) is 2.18. The van der Waals surface area contributed by atoms with Crippen molar-refractivity contribution in [1.82, 2.24) is 10.2 Å². The Bertz CT molecular complexity index is 501. The second-order valence-electron chi connectivity index (χ2n) is 7.87. The van der Waals surface area contributed by atoms with Crippen LogP contribution >= 0.6 is 0 Å². The fourth-order valence-corrected chi connectivity index (χ4v) is 3.79. The molecule has 0 aromatic carbocycles. The highest BCUT2D eigenvalue weighted by Crippen LogP contribution is 2.59. The van der Waals surface area contributed by atoms with Crippen molar-refractivity contribution in [2.45, 2.75) is 64.4 Å². The minimum absolute atomic E-state index is 0.117. The van der Waals surface area contributed by atoms with E-state index in [1.165, 1.54) is 19.3 Å². The number of ether oxygens (including phenoxy) is 1. The largest absolute Gasteiger partial charge is 0.425 e. The number of hydrogen-bond acceptors (Lipinski definition) is 4. The van der Waals surface area contributed by atoms with E-state index in [1.807, 2.05) is 0 Å². The van der Waals surface area contributed by atoms with E-state index in [1.54, 1.807) is 0 Å². The average molecular weight is 276 g/mol. The Morgan fingerprint density at radius 2 is 1.70 bits per heavy atom. The van der Waals surface area contributed by atoms with Crippen molar-refractivity contribution < 1.29 is 9.15 Å². The number of nitrogens with zero attached hydrogens (tertiary/aromatic N) is 2. The molecule has 2 saturated carbocycles. The van der Waals surface area contributed by atoms with E-state index >= 15 is 0 Å². The van der Waals surface area contributed by atoms with Gasteiger partial charge in [-0.05, 0) is 42.9 Å². The van der Waals surface area contributed by atoms with Gasteiger partial charge in [0.1, 0.15) is 0 Å². The maximum absolute atomic E-state index is 6.02. The number of aromatic nitrogens is 2. The van der Waals surface area contributed by atoms with E-state index < -0.39 is 0 Å². The molecular formula is C16H24N2O2. The number of rotatable bonds is 3. The number of hydrogen-bond donors (Lipinski definition) is 0. The fourth-order valence-electron chi connectivity index (χ4n) is 3.79. The molecule has 0 N–H and O–H groups in total. The van der Waals surface area contributed by atoms with Gasteiger partial charge in [0.2, 0.25) is 11.8 Å². The van der Waals surface area contributed by atoms with Gasteiger partial charge in [0.05, 0.1) is 12.0 Å². The Kier molecular flexibility index (Phi) is 2.75. The molecule has 2 heterocycles. The maximum atomic E-state index is 6.02. The molecular weight excluding hydrogens is 252 g/mol. The Morgan fingerprint density at radius 1 is 1.00 bits per heavy atom. The lowest BCUT2D eigenvalue weighted by Gasteiger charge is -2.29. The predicted molar refractivity (Wildman–Crippen MR) is 74.4 cm³/mol. The van der Waals surface area contributed by atoms with Gasteiger partial charge in [-0.1, -0.05) is 20.8 Å². The van der Waals surface area contributed by atoms with Crippen molar-refractivity contribution >= 4 is 0 Å². The van der Waals surface area contributed by atoms with E-state index in [4.69, 9.17) is 9.15 Å². The van der Waals surface area contributed by atoms with Gasteiger partial charge in [0, 0.05) is 12.5 Å². The second-order valence-corrected chi connectivity index (χ2v) is 7.87. The topological polar surface area (TPSA) is 48.2 Å². The Labute approximate surface area is 120 Å². The lowest BCUT2D eigenvalue weighted by Crippen LogP contribution is -2.30. The molecule has 4 heteroatoms. The van der Waals surface area contributed by atoms with Gasteiger partial charge in [0.15, 0.2) is 0 Å². The van der Waals surface area contributed by atoms with Crippen LogP contribution in [0.5, 0.6) is 0 Å². The molecule has 0 bridgehead atoms. The average Bonchev–Trinajstić information content (AvgIpc) is 3.25. The monoisotopic (exact) mass is 276 g/mol. The van der Waals surface area contributed by atoms with E-state index in [2.05, 4.69) is 31.0 Å². The quantitative estimate of drug-likeness (QED) is 0.847. The zero-order valence-corrected chi connectivity index (χ0v) is 12.6. The molecule has 4 rings (SSSR count). The van der Waals surface area contributed by atoms with Crippen LogP contribution < -0.4 is 0 Å². The smallest absolute Gasteiger partial charge is 0.222 e. The molecule has 1 aromatic heterocycles. The summed E-state index contributed by atoms with van der Waals surface area (Å²) in [7, 11) is 0.